The first-order valence-electron chi connectivity index (χ1n) is 8.49. The van der Waals surface area contributed by atoms with E-state index in [-0.39, 0.29) is 5.82 Å². The van der Waals surface area contributed by atoms with Gasteiger partial charge in [0.1, 0.15) is 11.9 Å². The maximum atomic E-state index is 13.6. The van der Waals surface area contributed by atoms with Gasteiger partial charge in [-0.15, -0.1) is 0 Å². The maximum Gasteiger partial charge on any atom is 0.124 e. The summed E-state index contributed by atoms with van der Waals surface area (Å²) in [6.07, 6.45) is 4.04. The number of hydrogen-bond acceptors (Lipinski definition) is 4. The molecule has 134 valence electrons. The average molecular weight is 380 g/mol. The van der Waals surface area contributed by atoms with E-state index in [1.807, 2.05) is 22.9 Å². The summed E-state index contributed by atoms with van der Waals surface area (Å²) >= 11 is 6.18. The van der Waals surface area contributed by atoms with Gasteiger partial charge in [-0.25, -0.2) is 4.39 Å². The van der Waals surface area contributed by atoms with Gasteiger partial charge in [-0.3, -0.25) is 9.67 Å². The first kappa shape index (κ1) is 17.3. The fourth-order valence-electron chi connectivity index (χ4n) is 3.13. The van der Waals surface area contributed by atoms with E-state index in [0.717, 1.165) is 17.3 Å². The number of nitrogens with zero attached hydrogens (tertiary/aromatic N) is 4. The first-order valence-corrected chi connectivity index (χ1v) is 8.87. The highest BCUT2D eigenvalue weighted by molar-refractivity contribution is 6.35. The van der Waals surface area contributed by atoms with E-state index in [1.165, 1.54) is 18.3 Å². The van der Waals surface area contributed by atoms with Gasteiger partial charge in [-0.05, 0) is 36.8 Å². The Kier molecular flexibility index (Phi) is 4.61. The van der Waals surface area contributed by atoms with E-state index in [0.29, 0.717) is 40.3 Å². The van der Waals surface area contributed by atoms with E-state index >= 15 is 0 Å². The summed E-state index contributed by atoms with van der Waals surface area (Å²) in [6.45, 7) is 1.29. The molecule has 5 nitrogen and oxygen atoms in total. The minimum Gasteiger partial charge on any atom is -0.383 e. The summed E-state index contributed by atoms with van der Waals surface area (Å²) in [4.78, 5) is 4.21. The summed E-state index contributed by atoms with van der Waals surface area (Å²) < 4.78 is 15.5. The Balaban J connectivity index is 1.51. The quantitative estimate of drug-likeness (QED) is 0.508. The molecular formula is C20H15ClFN5. The number of rotatable bonds is 5. The number of halogens is 2. The topological polar surface area (TPSA) is 66.5 Å². The lowest BCUT2D eigenvalue weighted by molar-refractivity contribution is 0.610. The van der Waals surface area contributed by atoms with Crippen LogP contribution in [0, 0.1) is 17.1 Å². The zero-order chi connectivity index (χ0) is 18.8. The first-order chi connectivity index (χ1) is 13.2. The number of aromatic nitrogens is 3. The van der Waals surface area contributed by atoms with Crippen molar-refractivity contribution < 1.29 is 4.39 Å². The fourth-order valence-corrected chi connectivity index (χ4v) is 3.35. The molecule has 0 radical (unpaired) electrons. The third kappa shape index (κ3) is 3.29. The molecule has 0 bridgehead atoms. The lowest BCUT2D eigenvalue weighted by Crippen LogP contribution is -2.09. The minimum absolute atomic E-state index is 0.359. The van der Waals surface area contributed by atoms with Crippen LogP contribution in [0.3, 0.4) is 0 Å². The largest absolute Gasteiger partial charge is 0.383 e. The summed E-state index contributed by atoms with van der Waals surface area (Å²) in [5.41, 5.74) is 2.63. The van der Waals surface area contributed by atoms with Crippen molar-refractivity contribution in [2.75, 3.05) is 11.9 Å². The molecule has 7 heteroatoms. The van der Waals surface area contributed by atoms with Gasteiger partial charge < -0.3 is 5.32 Å². The highest BCUT2D eigenvalue weighted by atomic mass is 35.5. The second-order valence-electron chi connectivity index (χ2n) is 6.14. The van der Waals surface area contributed by atoms with Gasteiger partial charge in [0.15, 0.2) is 0 Å². The van der Waals surface area contributed by atoms with Crippen LogP contribution in [-0.2, 0) is 6.54 Å². The van der Waals surface area contributed by atoms with E-state index in [9.17, 15) is 9.65 Å². The Morgan fingerprint density at radius 2 is 2.07 bits per heavy atom. The monoisotopic (exact) mass is 379 g/mol. The molecule has 2 heterocycles. The predicted octanol–water partition coefficient (Wildman–Crippen LogP) is 4.75. The number of anilines is 1. The highest BCUT2D eigenvalue weighted by Crippen LogP contribution is 2.26. The number of hydrogen-bond donors (Lipinski definition) is 1. The zero-order valence-electron chi connectivity index (χ0n) is 14.3. The summed E-state index contributed by atoms with van der Waals surface area (Å²) in [6, 6.07) is 12.2. The fraction of sp³-hybridized carbons (Fsp3) is 0.150. The van der Waals surface area contributed by atoms with E-state index < -0.39 is 0 Å². The molecule has 0 amide bonds. The van der Waals surface area contributed by atoms with Gasteiger partial charge >= 0.3 is 0 Å². The Bertz CT molecular complexity index is 1180. The summed E-state index contributed by atoms with van der Waals surface area (Å²) in [5.74, 6) is -0.359. The molecular weight excluding hydrogens is 365 g/mol. The lowest BCUT2D eigenvalue weighted by atomic mass is 10.1. The number of pyridine rings is 1. The van der Waals surface area contributed by atoms with Crippen LogP contribution < -0.4 is 5.32 Å². The van der Waals surface area contributed by atoms with Crippen molar-refractivity contribution >= 4 is 39.1 Å². The zero-order valence-corrected chi connectivity index (χ0v) is 15.0. The van der Waals surface area contributed by atoms with Crippen molar-refractivity contribution in [3.8, 4) is 6.07 Å². The molecule has 0 aliphatic rings. The normalized spacial score (nSPS) is 11.0. The molecule has 2 aromatic heterocycles. The number of aryl methyl sites for hydroxylation is 1. The molecule has 1 N–H and O–H groups in total. The van der Waals surface area contributed by atoms with Gasteiger partial charge in [0.25, 0.3) is 0 Å². The number of nitrogens with one attached hydrogen (secondary N) is 1. The van der Waals surface area contributed by atoms with Crippen LogP contribution in [0.5, 0.6) is 0 Å². The van der Waals surface area contributed by atoms with Crippen molar-refractivity contribution in [1.82, 2.24) is 14.8 Å². The smallest absolute Gasteiger partial charge is 0.124 e. The maximum absolute atomic E-state index is 13.6. The number of nitriles is 1. The summed E-state index contributed by atoms with van der Waals surface area (Å²) in [5, 5.41) is 19.2. The standard InChI is InChI=1S/C20H15ClFN5/c21-17-3-1-4-19-16(17)12-26-27(19)8-2-7-24-20-13(10-23)11-25-18-6-5-14(22)9-15(18)20/h1,3-6,9,11-12H,2,7-8H2,(H,24,25). The molecule has 4 rings (SSSR count). The third-order valence-electron chi connectivity index (χ3n) is 4.43. The Hall–Kier alpha value is -3.17. The van der Waals surface area contributed by atoms with Crippen LogP contribution in [0.25, 0.3) is 21.8 Å². The van der Waals surface area contributed by atoms with Gasteiger partial charge in [-0.2, -0.15) is 10.4 Å². The molecule has 0 spiro atoms. The van der Waals surface area contributed by atoms with E-state index in [4.69, 9.17) is 11.6 Å². The van der Waals surface area contributed by atoms with Gasteiger partial charge in [-0.1, -0.05) is 17.7 Å². The molecule has 27 heavy (non-hydrogen) atoms. The Morgan fingerprint density at radius 3 is 2.93 bits per heavy atom. The van der Waals surface area contributed by atoms with Crippen LogP contribution in [0.1, 0.15) is 12.0 Å². The van der Waals surface area contributed by atoms with E-state index in [2.05, 4.69) is 21.5 Å². The molecule has 0 saturated heterocycles. The van der Waals surface area contributed by atoms with Crippen molar-refractivity contribution in [1.29, 1.82) is 5.26 Å². The molecule has 4 aromatic rings. The minimum atomic E-state index is -0.359. The van der Waals surface area contributed by atoms with Gasteiger partial charge in [0.05, 0.1) is 33.5 Å². The molecule has 0 atom stereocenters. The molecule has 0 aliphatic heterocycles. The molecule has 0 fully saturated rings. The van der Waals surface area contributed by atoms with Gasteiger partial charge in [0, 0.05) is 30.1 Å². The Morgan fingerprint density at radius 1 is 1.19 bits per heavy atom. The second-order valence-corrected chi connectivity index (χ2v) is 6.55. The van der Waals surface area contributed by atoms with Crippen LogP contribution in [-0.4, -0.2) is 21.3 Å². The molecule has 2 aromatic carbocycles. The highest BCUT2D eigenvalue weighted by Gasteiger charge is 2.10. The van der Waals surface area contributed by atoms with Crippen molar-refractivity contribution in [2.45, 2.75) is 13.0 Å². The average Bonchev–Trinajstić information content (AvgIpc) is 3.09. The van der Waals surface area contributed by atoms with Crippen LogP contribution >= 0.6 is 11.6 Å². The molecule has 0 aliphatic carbocycles. The van der Waals surface area contributed by atoms with Crippen molar-refractivity contribution in [3.63, 3.8) is 0 Å². The van der Waals surface area contributed by atoms with Gasteiger partial charge in [0.2, 0.25) is 0 Å². The van der Waals surface area contributed by atoms with Crippen LogP contribution in [0.15, 0.2) is 48.8 Å². The second kappa shape index (κ2) is 7.22. The Labute approximate surface area is 160 Å². The predicted molar refractivity (Wildman–Crippen MR) is 104 cm³/mol. The summed E-state index contributed by atoms with van der Waals surface area (Å²) in [7, 11) is 0. The molecule has 0 unspecified atom stereocenters. The SMILES string of the molecule is N#Cc1cnc2ccc(F)cc2c1NCCCn1ncc2c(Cl)cccc21. The lowest BCUT2D eigenvalue weighted by Gasteiger charge is -2.12. The number of fused-ring (bicyclic) bond motifs is 2. The third-order valence-corrected chi connectivity index (χ3v) is 4.76. The molecule has 0 saturated carbocycles. The van der Waals surface area contributed by atoms with E-state index in [1.54, 1.807) is 12.3 Å². The van der Waals surface area contributed by atoms with Crippen LogP contribution in [0.2, 0.25) is 5.02 Å². The van der Waals surface area contributed by atoms with Crippen molar-refractivity contribution in [2.24, 2.45) is 0 Å². The van der Waals surface area contributed by atoms with Crippen molar-refractivity contribution in [3.05, 3.63) is 65.2 Å². The van der Waals surface area contributed by atoms with Crippen LogP contribution in [0.4, 0.5) is 10.1 Å². The number of benzene rings is 2.